The van der Waals surface area contributed by atoms with Gasteiger partial charge >= 0.3 is 5.97 Å². The lowest BCUT2D eigenvalue weighted by Gasteiger charge is -2.14. The number of thiol groups is 1. The number of rotatable bonds is 0. The van der Waals surface area contributed by atoms with Gasteiger partial charge in [0.1, 0.15) is 5.75 Å². The number of ether oxygens (including phenoxy) is 1. The number of nitrogens with one attached hydrogen (secondary N) is 1. The largest absolute Gasteiger partial charge is 0.421 e. The first-order valence-electron chi connectivity index (χ1n) is 3.78. The highest BCUT2D eigenvalue weighted by molar-refractivity contribution is 7.80. The van der Waals surface area contributed by atoms with Crippen molar-refractivity contribution in [2.45, 2.75) is 4.90 Å². The van der Waals surface area contributed by atoms with Crippen LogP contribution in [0.4, 0.5) is 0 Å². The maximum Gasteiger partial charge on any atom is 0.365 e. The van der Waals surface area contributed by atoms with Gasteiger partial charge in [0.05, 0.1) is 5.56 Å². The molecule has 0 atom stereocenters. The van der Waals surface area contributed by atoms with Crippen LogP contribution in [0.5, 0.6) is 5.75 Å². The summed E-state index contributed by atoms with van der Waals surface area (Å²) in [6, 6.07) is 4.57. The van der Waals surface area contributed by atoms with Crippen LogP contribution >= 0.6 is 12.6 Å². The standard InChI is InChI=1S/C9H5NO3S/c10-7-8(11)5-3-4(14)1-2-6(5)13-9(7)12/h1-3,10,14H. The molecule has 0 fully saturated rings. The summed E-state index contributed by atoms with van der Waals surface area (Å²) in [6.07, 6.45) is 0. The predicted octanol–water partition coefficient (Wildman–Crippen LogP) is 1.10. The number of hydrogen-bond donors (Lipinski definition) is 2. The quantitative estimate of drug-likeness (QED) is 0.380. The van der Waals surface area contributed by atoms with E-state index in [1.54, 1.807) is 6.07 Å². The maximum absolute atomic E-state index is 11.4. The van der Waals surface area contributed by atoms with Crippen molar-refractivity contribution in [3.63, 3.8) is 0 Å². The molecule has 70 valence electrons. The fourth-order valence-electron chi connectivity index (χ4n) is 1.16. The highest BCUT2D eigenvalue weighted by Gasteiger charge is 2.30. The molecule has 5 heteroatoms. The molecule has 0 amide bonds. The molecular weight excluding hydrogens is 202 g/mol. The molecule has 0 radical (unpaired) electrons. The van der Waals surface area contributed by atoms with Crippen molar-refractivity contribution >= 4 is 30.1 Å². The fourth-order valence-corrected chi connectivity index (χ4v) is 1.37. The third-order valence-electron chi connectivity index (χ3n) is 1.84. The molecule has 14 heavy (non-hydrogen) atoms. The zero-order chi connectivity index (χ0) is 10.3. The van der Waals surface area contributed by atoms with Crippen molar-refractivity contribution in [2.24, 2.45) is 0 Å². The van der Waals surface area contributed by atoms with Crippen LogP contribution in [0.15, 0.2) is 23.1 Å². The highest BCUT2D eigenvalue weighted by atomic mass is 32.1. The molecule has 1 aromatic rings. The van der Waals surface area contributed by atoms with Gasteiger partial charge in [-0.3, -0.25) is 10.2 Å². The third-order valence-corrected chi connectivity index (χ3v) is 2.12. The molecule has 0 aliphatic carbocycles. The lowest BCUT2D eigenvalue weighted by atomic mass is 10.0. The van der Waals surface area contributed by atoms with E-state index in [0.29, 0.717) is 4.90 Å². The summed E-state index contributed by atoms with van der Waals surface area (Å²) in [5.74, 6) is -1.34. The van der Waals surface area contributed by atoms with Gasteiger partial charge in [-0.15, -0.1) is 12.6 Å². The smallest absolute Gasteiger partial charge is 0.365 e. The number of benzene rings is 1. The average molecular weight is 207 g/mol. The number of fused-ring (bicyclic) bond motifs is 1. The van der Waals surface area contributed by atoms with E-state index < -0.39 is 17.5 Å². The Morgan fingerprint density at radius 3 is 2.71 bits per heavy atom. The molecule has 2 rings (SSSR count). The molecule has 0 saturated carbocycles. The Kier molecular flexibility index (Phi) is 1.89. The van der Waals surface area contributed by atoms with E-state index in [4.69, 9.17) is 10.1 Å². The number of esters is 1. The van der Waals surface area contributed by atoms with Crippen LogP contribution in [0.25, 0.3) is 0 Å². The topological polar surface area (TPSA) is 67.2 Å². The lowest BCUT2D eigenvalue weighted by Crippen LogP contribution is -2.32. The molecule has 0 aromatic heterocycles. The summed E-state index contributed by atoms with van der Waals surface area (Å²) in [7, 11) is 0. The van der Waals surface area contributed by atoms with Crippen LogP contribution in [-0.2, 0) is 4.79 Å². The van der Waals surface area contributed by atoms with Crippen LogP contribution in [0.1, 0.15) is 10.4 Å². The predicted molar refractivity (Wildman–Crippen MR) is 51.4 cm³/mol. The van der Waals surface area contributed by atoms with Crippen molar-refractivity contribution in [1.82, 2.24) is 0 Å². The van der Waals surface area contributed by atoms with E-state index in [2.05, 4.69) is 12.6 Å². The SMILES string of the molecule is N=C1C(=O)Oc2ccc(S)cc2C1=O. The van der Waals surface area contributed by atoms with Crippen molar-refractivity contribution in [2.75, 3.05) is 0 Å². The van der Waals surface area contributed by atoms with Gasteiger partial charge in [-0.05, 0) is 18.2 Å². The van der Waals surface area contributed by atoms with Gasteiger partial charge < -0.3 is 4.74 Å². The maximum atomic E-state index is 11.4. The van der Waals surface area contributed by atoms with E-state index >= 15 is 0 Å². The second-order valence-electron chi connectivity index (χ2n) is 2.77. The van der Waals surface area contributed by atoms with E-state index in [9.17, 15) is 9.59 Å². The highest BCUT2D eigenvalue weighted by Crippen LogP contribution is 2.26. The minimum absolute atomic E-state index is 0.189. The summed E-state index contributed by atoms with van der Waals surface area (Å²) in [5, 5.41) is 7.15. The number of Topliss-reactive ketones (excluding diaryl/α,β-unsaturated/α-hetero) is 1. The van der Waals surface area contributed by atoms with Gasteiger partial charge in [0.15, 0.2) is 5.71 Å². The first kappa shape index (κ1) is 8.96. The number of ketones is 1. The van der Waals surface area contributed by atoms with Crippen molar-refractivity contribution in [1.29, 1.82) is 5.41 Å². The molecule has 4 nitrogen and oxygen atoms in total. The summed E-state index contributed by atoms with van der Waals surface area (Å²) >= 11 is 4.05. The molecule has 0 bridgehead atoms. The Balaban J connectivity index is 2.62. The van der Waals surface area contributed by atoms with E-state index in [-0.39, 0.29) is 11.3 Å². The number of carbonyl (C=O) groups excluding carboxylic acids is 2. The Hall–Kier alpha value is -1.62. The van der Waals surface area contributed by atoms with Gasteiger partial charge in [0, 0.05) is 4.90 Å². The van der Waals surface area contributed by atoms with Gasteiger partial charge in [0.2, 0.25) is 5.78 Å². The molecule has 1 aromatic carbocycles. The second kappa shape index (κ2) is 2.95. The van der Waals surface area contributed by atoms with Crippen LogP contribution in [0.2, 0.25) is 0 Å². The Morgan fingerprint density at radius 1 is 1.29 bits per heavy atom. The Bertz CT molecular complexity index is 467. The van der Waals surface area contributed by atoms with Gasteiger partial charge in [-0.2, -0.15) is 0 Å². The minimum Gasteiger partial charge on any atom is -0.421 e. The summed E-state index contributed by atoms with van der Waals surface area (Å²) in [4.78, 5) is 23.0. The molecule has 0 spiro atoms. The van der Waals surface area contributed by atoms with Gasteiger partial charge in [0.25, 0.3) is 0 Å². The Labute approximate surface area is 84.8 Å². The molecule has 1 aliphatic rings. The van der Waals surface area contributed by atoms with Crippen molar-refractivity contribution < 1.29 is 14.3 Å². The van der Waals surface area contributed by atoms with E-state index in [0.717, 1.165) is 0 Å². The van der Waals surface area contributed by atoms with Gasteiger partial charge in [-0.25, -0.2) is 4.79 Å². The third kappa shape index (κ3) is 1.22. The number of hydrogen-bond acceptors (Lipinski definition) is 5. The fraction of sp³-hybridized carbons (Fsp3) is 0. The van der Waals surface area contributed by atoms with Crippen LogP contribution in [0.3, 0.4) is 0 Å². The average Bonchev–Trinajstić information content (AvgIpc) is 2.16. The monoisotopic (exact) mass is 207 g/mol. The number of carbonyl (C=O) groups is 2. The van der Waals surface area contributed by atoms with Crippen LogP contribution in [-0.4, -0.2) is 17.5 Å². The molecular formula is C9H5NO3S. The zero-order valence-electron chi connectivity index (χ0n) is 6.90. The van der Waals surface area contributed by atoms with Crippen molar-refractivity contribution in [3.05, 3.63) is 23.8 Å². The van der Waals surface area contributed by atoms with Crippen molar-refractivity contribution in [3.8, 4) is 5.75 Å². The van der Waals surface area contributed by atoms with E-state index in [1.165, 1.54) is 12.1 Å². The first-order valence-corrected chi connectivity index (χ1v) is 4.23. The normalized spacial score (nSPS) is 15.1. The van der Waals surface area contributed by atoms with E-state index in [1.807, 2.05) is 0 Å². The van der Waals surface area contributed by atoms with Gasteiger partial charge in [-0.1, -0.05) is 0 Å². The summed E-state index contributed by atoms with van der Waals surface area (Å²) < 4.78 is 4.75. The molecule has 1 aliphatic heterocycles. The van der Waals surface area contributed by atoms with Crippen LogP contribution < -0.4 is 4.74 Å². The molecule has 1 N–H and O–H groups in total. The van der Waals surface area contributed by atoms with Crippen LogP contribution in [0, 0.1) is 5.41 Å². The minimum atomic E-state index is -0.908. The second-order valence-corrected chi connectivity index (χ2v) is 3.29. The Morgan fingerprint density at radius 2 is 2.00 bits per heavy atom. The molecule has 0 unspecified atom stereocenters. The summed E-state index contributed by atoms with van der Waals surface area (Å²) in [5.41, 5.74) is -0.432. The zero-order valence-corrected chi connectivity index (χ0v) is 7.80. The summed E-state index contributed by atoms with van der Waals surface area (Å²) in [6.45, 7) is 0. The first-order chi connectivity index (χ1) is 6.59. The molecule has 1 heterocycles. The lowest BCUT2D eigenvalue weighted by molar-refractivity contribution is -0.127. The molecule has 0 saturated heterocycles.